The van der Waals surface area contributed by atoms with E-state index < -0.39 is 0 Å². The normalized spacial score (nSPS) is 9.57. The molecule has 1 rings (SSSR count). The molecule has 1 amide bonds. The number of halogens is 1. The summed E-state index contributed by atoms with van der Waals surface area (Å²) in [4.78, 5) is 11.0. The molecule has 0 spiro atoms. The van der Waals surface area contributed by atoms with Gasteiger partial charge in [-0.25, -0.2) is 4.39 Å². The molecular weight excluding hydrogens is 185 g/mol. The largest absolute Gasteiger partial charge is 0.484 e. The van der Waals surface area contributed by atoms with Crippen LogP contribution < -0.4 is 10.1 Å². The summed E-state index contributed by atoms with van der Waals surface area (Å²) in [7, 11) is 0. The highest BCUT2D eigenvalue weighted by molar-refractivity contribution is 5.77. The quantitative estimate of drug-likeness (QED) is 0.791. The fraction of sp³-hybridized carbons (Fsp3) is 0.300. The van der Waals surface area contributed by atoms with Crippen LogP contribution in [0.25, 0.3) is 0 Å². The average molecular weight is 197 g/mol. The molecule has 0 saturated heterocycles. The van der Waals surface area contributed by atoms with Gasteiger partial charge in [-0.15, -0.1) is 0 Å². The topological polar surface area (TPSA) is 38.3 Å². The van der Waals surface area contributed by atoms with Crippen LogP contribution in [0.5, 0.6) is 5.75 Å². The summed E-state index contributed by atoms with van der Waals surface area (Å²) < 4.78 is 17.6. The fourth-order valence-corrected chi connectivity index (χ4v) is 0.928. The first-order valence-corrected chi connectivity index (χ1v) is 4.37. The Kier molecular flexibility index (Phi) is 3.91. The second-order valence-corrected chi connectivity index (χ2v) is 2.70. The minimum absolute atomic E-state index is 0.0422. The number of amides is 1. The van der Waals surface area contributed by atoms with Crippen molar-refractivity contribution in [2.45, 2.75) is 6.92 Å². The van der Waals surface area contributed by atoms with E-state index in [0.29, 0.717) is 12.3 Å². The Hall–Kier alpha value is -1.58. The number of hydrogen-bond acceptors (Lipinski definition) is 2. The Morgan fingerprint density at radius 1 is 1.43 bits per heavy atom. The van der Waals surface area contributed by atoms with E-state index in [1.54, 1.807) is 0 Å². The molecule has 0 unspecified atom stereocenters. The van der Waals surface area contributed by atoms with E-state index in [0.717, 1.165) is 0 Å². The van der Waals surface area contributed by atoms with Crippen LogP contribution in [0.4, 0.5) is 4.39 Å². The van der Waals surface area contributed by atoms with Gasteiger partial charge in [-0.2, -0.15) is 0 Å². The molecule has 0 radical (unpaired) electrons. The van der Waals surface area contributed by atoms with Crippen LogP contribution in [0.3, 0.4) is 0 Å². The van der Waals surface area contributed by atoms with Crippen molar-refractivity contribution in [2.75, 3.05) is 13.2 Å². The molecule has 4 heteroatoms. The van der Waals surface area contributed by atoms with Gasteiger partial charge < -0.3 is 10.1 Å². The molecule has 76 valence electrons. The SMILES string of the molecule is CCNC(=O)COc1ccc(F)cc1. The molecule has 1 aromatic rings. The summed E-state index contributed by atoms with van der Waals surface area (Å²) in [6.07, 6.45) is 0. The first-order valence-electron chi connectivity index (χ1n) is 4.37. The number of hydrogen-bond donors (Lipinski definition) is 1. The van der Waals surface area contributed by atoms with E-state index in [1.807, 2.05) is 6.92 Å². The second-order valence-electron chi connectivity index (χ2n) is 2.70. The molecule has 0 saturated carbocycles. The van der Waals surface area contributed by atoms with E-state index in [1.165, 1.54) is 24.3 Å². The lowest BCUT2D eigenvalue weighted by atomic mass is 10.3. The Balaban J connectivity index is 2.38. The second kappa shape index (κ2) is 5.21. The number of carbonyl (C=O) groups is 1. The molecule has 0 atom stereocenters. The van der Waals surface area contributed by atoms with Crippen molar-refractivity contribution in [3.05, 3.63) is 30.1 Å². The van der Waals surface area contributed by atoms with Gasteiger partial charge in [0.05, 0.1) is 0 Å². The summed E-state index contributed by atoms with van der Waals surface area (Å²) in [5.41, 5.74) is 0. The van der Waals surface area contributed by atoms with Gasteiger partial charge in [0.25, 0.3) is 5.91 Å². The summed E-state index contributed by atoms with van der Waals surface area (Å²) >= 11 is 0. The minimum Gasteiger partial charge on any atom is -0.484 e. The van der Waals surface area contributed by atoms with Crippen LogP contribution in [-0.4, -0.2) is 19.1 Å². The smallest absolute Gasteiger partial charge is 0.257 e. The first-order chi connectivity index (χ1) is 6.72. The Bertz CT molecular complexity index is 297. The van der Waals surface area contributed by atoms with Crippen molar-refractivity contribution in [3.63, 3.8) is 0 Å². The van der Waals surface area contributed by atoms with Crippen LogP contribution in [0.1, 0.15) is 6.92 Å². The number of benzene rings is 1. The van der Waals surface area contributed by atoms with E-state index in [-0.39, 0.29) is 18.3 Å². The summed E-state index contributed by atoms with van der Waals surface area (Å²) in [6, 6.07) is 5.53. The van der Waals surface area contributed by atoms with Crippen LogP contribution in [0.15, 0.2) is 24.3 Å². The summed E-state index contributed by atoms with van der Waals surface area (Å²) in [6.45, 7) is 2.36. The molecular formula is C10H12FNO2. The highest BCUT2D eigenvalue weighted by Gasteiger charge is 2.00. The van der Waals surface area contributed by atoms with Gasteiger partial charge in [-0.1, -0.05) is 0 Å². The number of likely N-dealkylation sites (N-methyl/N-ethyl adjacent to an activating group) is 1. The molecule has 0 aromatic heterocycles. The monoisotopic (exact) mass is 197 g/mol. The van der Waals surface area contributed by atoms with E-state index in [4.69, 9.17) is 4.74 Å². The fourth-order valence-electron chi connectivity index (χ4n) is 0.928. The number of ether oxygens (including phenoxy) is 1. The molecule has 3 nitrogen and oxygen atoms in total. The lowest BCUT2D eigenvalue weighted by Gasteiger charge is -2.05. The molecule has 1 aromatic carbocycles. The maximum absolute atomic E-state index is 12.5. The predicted octanol–water partition coefficient (Wildman–Crippen LogP) is 1.34. The van der Waals surface area contributed by atoms with Crippen molar-refractivity contribution in [2.24, 2.45) is 0 Å². The molecule has 0 heterocycles. The zero-order valence-corrected chi connectivity index (χ0v) is 7.92. The number of rotatable bonds is 4. The van der Waals surface area contributed by atoms with Crippen molar-refractivity contribution in [1.29, 1.82) is 0 Å². The number of nitrogens with one attached hydrogen (secondary N) is 1. The molecule has 0 fully saturated rings. The van der Waals surface area contributed by atoms with Crippen molar-refractivity contribution in [1.82, 2.24) is 5.32 Å². The Morgan fingerprint density at radius 2 is 2.07 bits per heavy atom. The third-order valence-electron chi connectivity index (χ3n) is 1.56. The maximum Gasteiger partial charge on any atom is 0.257 e. The Labute approximate surface area is 81.9 Å². The minimum atomic E-state index is -0.324. The highest BCUT2D eigenvalue weighted by atomic mass is 19.1. The Morgan fingerprint density at radius 3 is 2.64 bits per heavy atom. The summed E-state index contributed by atoms with van der Waals surface area (Å²) in [5.74, 6) is -0.0233. The van der Waals surface area contributed by atoms with Crippen molar-refractivity contribution >= 4 is 5.91 Å². The van der Waals surface area contributed by atoms with E-state index >= 15 is 0 Å². The standard InChI is InChI=1S/C10H12FNO2/c1-2-12-10(13)7-14-9-5-3-8(11)4-6-9/h3-6H,2,7H2,1H3,(H,12,13). The van der Waals surface area contributed by atoms with Gasteiger partial charge in [-0.05, 0) is 31.2 Å². The van der Waals surface area contributed by atoms with Gasteiger partial charge in [0, 0.05) is 6.54 Å². The van der Waals surface area contributed by atoms with Crippen molar-refractivity contribution < 1.29 is 13.9 Å². The van der Waals surface area contributed by atoms with Gasteiger partial charge in [0.15, 0.2) is 6.61 Å². The average Bonchev–Trinajstić information content (AvgIpc) is 2.17. The molecule has 0 aliphatic heterocycles. The molecule has 0 aliphatic carbocycles. The third kappa shape index (κ3) is 3.43. The third-order valence-corrected chi connectivity index (χ3v) is 1.56. The van der Waals surface area contributed by atoms with Crippen LogP contribution >= 0.6 is 0 Å². The maximum atomic E-state index is 12.5. The number of carbonyl (C=O) groups excluding carboxylic acids is 1. The molecule has 0 aliphatic rings. The van der Waals surface area contributed by atoms with E-state index in [9.17, 15) is 9.18 Å². The van der Waals surface area contributed by atoms with Gasteiger partial charge in [-0.3, -0.25) is 4.79 Å². The molecule has 0 bridgehead atoms. The zero-order valence-electron chi connectivity index (χ0n) is 7.92. The van der Waals surface area contributed by atoms with E-state index in [2.05, 4.69) is 5.32 Å². The zero-order chi connectivity index (χ0) is 10.4. The van der Waals surface area contributed by atoms with Gasteiger partial charge in [0.1, 0.15) is 11.6 Å². The highest BCUT2D eigenvalue weighted by Crippen LogP contribution is 2.10. The lowest BCUT2D eigenvalue weighted by Crippen LogP contribution is -2.28. The van der Waals surface area contributed by atoms with Crippen LogP contribution in [-0.2, 0) is 4.79 Å². The lowest BCUT2D eigenvalue weighted by molar-refractivity contribution is -0.122. The molecule has 1 N–H and O–H groups in total. The van der Waals surface area contributed by atoms with Gasteiger partial charge >= 0.3 is 0 Å². The first kappa shape index (κ1) is 10.5. The summed E-state index contributed by atoms with van der Waals surface area (Å²) in [5, 5.41) is 2.59. The van der Waals surface area contributed by atoms with Crippen LogP contribution in [0, 0.1) is 5.82 Å². The predicted molar refractivity (Wildman–Crippen MR) is 50.6 cm³/mol. The van der Waals surface area contributed by atoms with Gasteiger partial charge in [0.2, 0.25) is 0 Å². The van der Waals surface area contributed by atoms with Crippen molar-refractivity contribution in [3.8, 4) is 5.75 Å². The molecule has 14 heavy (non-hydrogen) atoms. The van der Waals surface area contributed by atoms with Crippen LogP contribution in [0.2, 0.25) is 0 Å².